The third kappa shape index (κ3) is 2.27. The Morgan fingerprint density at radius 1 is 1.19 bits per heavy atom. The van der Waals surface area contributed by atoms with Crippen molar-refractivity contribution >= 4 is 20.7 Å². The molecule has 0 atom stereocenters. The second-order valence-corrected chi connectivity index (χ2v) is 6.28. The molecule has 0 fully saturated rings. The molecule has 1 aromatic carbocycles. The van der Waals surface area contributed by atoms with Crippen molar-refractivity contribution in [2.24, 2.45) is 0 Å². The van der Waals surface area contributed by atoms with Gasteiger partial charge in [-0.2, -0.15) is 0 Å². The van der Waals surface area contributed by atoms with E-state index < -0.39 is 9.84 Å². The molecule has 1 aromatic heterocycles. The molecule has 2 aromatic rings. The number of hydrogen-bond acceptors (Lipinski definition) is 2. The minimum Gasteiger partial charge on any atom is -0.346 e. The van der Waals surface area contributed by atoms with Crippen LogP contribution in [0.3, 0.4) is 0 Å². The summed E-state index contributed by atoms with van der Waals surface area (Å²) in [6, 6.07) is 9.99. The van der Waals surface area contributed by atoms with Crippen molar-refractivity contribution < 1.29 is 8.42 Å². The lowest BCUT2D eigenvalue weighted by Gasteiger charge is -2.05. The first-order chi connectivity index (χ1) is 7.62. The van der Waals surface area contributed by atoms with Gasteiger partial charge in [-0.15, -0.1) is 0 Å². The molecule has 0 aliphatic carbocycles. The Bertz CT molecular complexity index is 584. The Balaban J connectivity index is 2.22. The SMILES string of the molecule is CCS(=O)(=O)CCn1ccc2ccccc21. The van der Waals surface area contributed by atoms with Gasteiger partial charge in [0.15, 0.2) is 9.84 Å². The Kier molecular flexibility index (Phi) is 3.01. The average Bonchev–Trinajstić information content (AvgIpc) is 2.70. The van der Waals surface area contributed by atoms with E-state index in [1.54, 1.807) is 6.92 Å². The molecule has 0 saturated carbocycles. The number of hydrogen-bond donors (Lipinski definition) is 0. The van der Waals surface area contributed by atoms with E-state index in [4.69, 9.17) is 0 Å². The summed E-state index contributed by atoms with van der Waals surface area (Å²) < 4.78 is 24.8. The standard InChI is InChI=1S/C12H15NO2S/c1-2-16(14,15)10-9-13-8-7-11-5-3-4-6-12(11)13/h3-8H,2,9-10H2,1H3. The van der Waals surface area contributed by atoms with Gasteiger partial charge in [-0.1, -0.05) is 25.1 Å². The van der Waals surface area contributed by atoms with E-state index in [-0.39, 0.29) is 11.5 Å². The topological polar surface area (TPSA) is 39.1 Å². The highest BCUT2D eigenvalue weighted by atomic mass is 32.2. The summed E-state index contributed by atoms with van der Waals surface area (Å²) in [6.07, 6.45) is 1.94. The first kappa shape index (κ1) is 11.2. The molecule has 0 spiro atoms. The van der Waals surface area contributed by atoms with Crippen molar-refractivity contribution in [3.05, 3.63) is 36.5 Å². The largest absolute Gasteiger partial charge is 0.346 e. The van der Waals surface area contributed by atoms with Crippen molar-refractivity contribution in [2.45, 2.75) is 13.5 Å². The van der Waals surface area contributed by atoms with Crippen molar-refractivity contribution in [1.82, 2.24) is 4.57 Å². The summed E-state index contributed by atoms with van der Waals surface area (Å²) in [5.41, 5.74) is 1.09. The van der Waals surface area contributed by atoms with Gasteiger partial charge in [0.1, 0.15) is 0 Å². The fraction of sp³-hybridized carbons (Fsp3) is 0.333. The number of para-hydroxylation sites is 1. The number of nitrogens with zero attached hydrogens (tertiary/aromatic N) is 1. The normalized spacial score (nSPS) is 12.1. The molecular formula is C12H15NO2S. The summed E-state index contributed by atoms with van der Waals surface area (Å²) in [6.45, 7) is 2.22. The van der Waals surface area contributed by atoms with Gasteiger partial charge in [0.05, 0.1) is 5.75 Å². The Morgan fingerprint density at radius 2 is 1.94 bits per heavy atom. The van der Waals surface area contributed by atoms with Crippen LogP contribution in [0.5, 0.6) is 0 Å². The van der Waals surface area contributed by atoms with Crippen LogP contribution in [0.25, 0.3) is 10.9 Å². The molecule has 2 rings (SSSR count). The van der Waals surface area contributed by atoms with Crippen LogP contribution in [0.15, 0.2) is 36.5 Å². The van der Waals surface area contributed by atoms with Gasteiger partial charge in [-0.05, 0) is 17.5 Å². The van der Waals surface area contributed by atoms with Crippen LogP contribution in [0.2, 0.25) is 0 Å². The van der Waals surface area contributed by atoms with Crippen LogP contribution in [0, 0.1) is 0 Å². The average molecular weight is 237 g/mol. The second-order valence-electron chi connectivity index (χ2n) is 3.80. The molecular weight excluding hydrogens is 222 g/mol. The molecule has 0 saturated heterocycles. The molecule has 1 heterocycles. The van der Waals surface area contributed by atoms with Crippen LogP contribution in [-0.4, -0.2) is 24.5 Å². The monoisotopic (exact) mass is 237 g/mol. The minimum absolute atomic E-state index is 0.210. The molecule has 0 aliphatic heterocycles. The van der Waals surface area contributed by atoms with Crippen LogP contribution in [0.1, 0.15) is 6.92 Å². The van der Waals surface area contributed by atoms with Gasteiger partial charge >= 0.3 is 0 Å². The number of sulfone groups is 1. The summed E-state index contributed by atoms with van der Waals surface area (Å²) in [7, 11) is -2.89. The van der Waals surface area contributed by atoms with Crippen LogP contribution < -0.4 is 0 Å². The van der Waals surface area contributed by atoms with E-state index in [0.29, 0.717) is 6.54 Å². The summed E-state index contributed by atoms with van der Waals surface area (Å²) in [5.74, 6) is 0.425. The molecule has 0 bridgehead atoms. The Labute approximate surface area is 95.6 Å². The number of rotatable bonds is 4. The first-order valence-corrected chi connectivity index (χ1v) is 7.19. The highest BCUT2D eigenvalue weighted by Crippen LogP contribution is 2.14. The maximum atomic E-state index is 11.4. The third-order valence-electron chi connectivity index (χ3n) is 2.76. The van der Waals surface area contributed by atoms with Gasteiger partial charge in [0, 0.05) is 24.0 Å². The van der Waals surface area contributed by atoms with Crippen molar-refractivity contribution in [3.8, 4) is 0 Å². The van der Waals surface area contributed by atoms with Gasteiger partial charge in [0.2, 0.25) is 0 Å². The molecule has 4 heteroatoms. The van der Waals surface area contributed by atoms with Crippen LogP contribution >= 0.6 is 0 Å². The quantitative estimate of drug-likeness (QED) is 0.816. The number of benzene rings is 1. The highest BCUT2D eigenvalue weighted by Gasteiger charge is 2.08. The Morgan fingerprint density at radius 3 is 2.69 bits per heavy atom. The second kappa shape index (κ2) is 4.29. The smallest absolute Gasteiger partial charge is 0.151 e. The molecule has 16 heavy (non-hydrogen) atoms. The summed E-state index contributed by atoms with van der Waals surface area (Å²) >= 11 is 0. The van der Waals surface area contributed by atoms with E-state index in [0.717, 1.165) is 10.9 Å². The van der Waals surface area contributed by atoms with Gasteiger partial charge in [-0.25, -0.2) is 8.42 Å². The zero-order valence-electron chi connectivity index (χ0n) is 9.26. The van der Waals surface area contributed by atoms with E-state index in [1.165, 1.54) is 0 Å². The van der Waals surface area contributed by atoms with Crippen LogP contribution in [-0.2, 0) is 16.4 Å². The summed E-state index contributed by atoms with van der Waals surface area (Å²) in [5, 5.41) is 1.15. The number of fused-ring (bicyclic) bond motifs is 1. The predicted molar refractivity (Wildman–Crippen MR) is 66.3 cm³/mol. The van der Waals surface area contributed by atoms with Gasteiger partial charge < -0.3 is 4.57 Å². The van der Waals surface area contributed by atoms with Gasteiger partial charge in [-0.3, -0.25) is 0 Å². The molecule has 86 valence electrons. The third-order valence-corrected chi connectivity index (χ3v) is 4.45. The van der Waals surface area contributed by atoms with Gasteiger partial charge in [0.25, 0.3) is 0 Å². The Hall–Kier alpha value is -1.29. The van der Waals surface area contributed by atoms with E-state index in [2.05, 4.69) is 0 Å². The van der Waals surface area contributed by atoms with Crippen molar-refractivity contribution in [3.63, 3.8) is 0 Å². The van der Waals surface area contributed by atoms with Crippen molar-refractivity contribution in [2.75, 3.05) is 11.5 Å². The van der Waals surface area contributed by atoms with E-state index in [1.807, 2.05) is 41.1 Å². The van der Waals surface area contributed by atoms with Crippen molar-refractivity contribution in [1.29, 1.82) is 0 Å². The first-order valence-electron chi connectivity index (χ1n) is 5.37. The maximum Gasteiger partial charge on any atom is 0.151 e. The molecule has 0 unspecified atom stereocenters. The number of aryl methyl sites for hydroxylation is 1. The molecule has 0 amide bonds. The molecule has 0 aliphatic rings. The lowest BCUT2D eigenvalue weighted by molar-refractivity contribution is 0.591. The zero-order valence-corrected chi connectivity index (χ0v) is 10.1. The van der Waals surface area contributed by atoms with E-state index in [9.17, 15) is 8.42 Å². The zero-order chi connectivity index (χ0) is 11.6. The fourth-order valence-corrected chi connectivity index (χ4v) is 2.48. The minimum atomic E-state index is -2.89. The highest BCUT2D eigenvalue weighted by molar-refractivity contribution is 7.91. The maximum absolute atomic E-state index is 11.4. The predicted octanol–water partition coefficient (Wildman–Crippen LogP) is 2.08. The molecule has 0 N–H and O–H groups in total. The lowest BCUT2D eigenvalue weighted by Crippen LogP contribution is -2.13. The summed E-state index contributed by atoms with van der Waals surface area (Å²) in [4.78, 5) is 0. The lowest BCUT2D eigenvalue weighted by atomic mass is 10.2. The molecule has 0 radical (unpaired) electrons. The van der Waals surface area contributed by atoms with E-state index >= 15 is 0 Å². The molecule has 3 nitrogen and oxygen atoms in total. The fourth-order valence-electron chi connectivity index (χ4n) is 1.72. The van der Waals surface area contributed by atoms with Crippen LogP contribution in [0.4, 0.5) is 0 Å². The number of aromatic nitrogens is 1.